The lowest BCUT2D eigenvalue weighted by Gasteiger charge is -2.40. The summed E-state index contributed by atoms with van der Waals surface area (Å²) < 4.78 is 20.0. The van der Waals surface area contributed by atoms with Gasteiger partial charge in [-0.1, -0.05) is 30.3 Å². The molecule has 2 fully saturated rings. The fourth-order valence-electron chi connectivity index (χ4n) is 4.11. The molecule has 0 atom stereocenters. The van der Waals surface area contributed by atoms with Gasteiger partial charge < -0.3 is 19.1 Å². The minimum Gasteiger partial charge on any atom is -0.490 e. The van der Waals surface area contributed by atoms with Crippen molar-refractivity contribution < 1.29 is 23.6 Å². The molecule has 4 rings (SSSR count). The fourth-order valence-corrected chi connectivity index (χ4v) is 4.11. The van der Waals surface area contributed by atoms with Gasteiger partial charge in [0.25, 0.3) is 0 Å². The van der Waals surface area contributed by atoms with E-state index in [1.807, 2.05) is 39.0 Å². The van der Waals surface area contributed by atoms with Crippen molar-refractivity contribution in [2.24, 2.45) is 0 Å². The Morgan fingerprint density at radius 2 is 1.62 bits per heavy atom. The highest BCUT2D eigenvalue weighted by atomic mass is 16.6. The molecule has 2 heterocycles. The van der Waals surface area contributed by atoms with Crippen molar-refractivity contribution in [1.82, 2.24) is 4.90 Å². The van der Waals surface area contributed by atoms with Gasteiger partial charge >= 0.3 is 6.09 Å². The van der Waals surface area contributed by atoms with Crippen molar-refractivity contribution in [3.63, 3.8) is 0 Å². The Bertz CT molecular complexity index is 865. The molecule has 6 nitrogen and oxygen atoms in total. The SMILES string of the molecule is CC(C)(C)OC(=O)N1CCC(O[C@H]2C[C@H](Oc3cc[n+](Cc4ccccc4)cc3)C2)CC1. The van der Waals surface area contributed by atoms with Crippen LogP contribution >= 0.6 is 0 Å². The zero-order valence-electron chi connectivity index (χ0n) is 19.4. The first-order chi connectivity index (χ1) is 15.3. The molecule has 0 N–H and O–H groups in total. The Balaban J connectivity index is 1.14. The third kappa shape index (κ3) is 6.45. The predicted octanol–water partition coefficient (Wildman–Crippen LogP) is 4.35. The number of carbonyl (C=O) groups excluding carboxylic acids is 1. The third-order valence-electron chi connectivity index (χ3n) is 5.90. The second-order valence-corrected chi connectivity index (χ2v) is 9.83. The van der Waals surface area contributed by atoms with Crippen LogP contribution in [-0.2, 0) is 16.0 Å². The molecule has 6 heteroatoms. The quantitative estimate of drug-likeness (QED) is 0.628. The van der Waals surface area contributed by atoms with Crippen molar-refractivity contribution in [2.45, 2.75) is 76.9 Å². The lowest BCUT2D eigenvalue weighted by molar-refractivity contribution is -0.688. The van der Waals surface area contributed by atoms with E-state index in [0.29, 0.717) is 13.1 Å². The van der Waals surface area contributed by atoms with Crippen LogP contribution < -0.4 is 9.30 Å². The number of nitrogens with zero attached hydrogens (tertiary/aromatic N) is 2. The number of amides is 1. The number of rotatable bonds is 6. The number of carbonyl (C=O) groups is 1. The third-order valence-corrected chi connectivity index (χ3v) is 5.90. The Kier molecular flexibility index (Phi) is 6.99. The fraction of sp³-hybridized carbons (Fsp3) is 0.538. The Morgan fingerprint density at radius 1 is 0.969 bits per heavy atom. The van der Waals surface area contributed by atoms with Gasteiger partial charge in [-0.25, -0.2) is 9.36 Å². The summed E-state index contributed by atoms with van der Waals surface area (Å²) in [4.78, 5) is 14.0. The van der Waals surface area contributed by atoms with Crippen LogP contribution in [0.5, 0.6) is 5.75 Å². The van der Waals surface area contributed by atoms with Crippen molar-refractivity contribution >= 4 is 6.09 Å². The molecule has 1 aromatic heterocycles. The van der Waals surface area contributed by atoms with Crippen LogP contribution in [0.3, 0.4) is 0 Å². The van der Waals surface area contributed by atoms with Gasteiger partial charge in [-0.2, -0.15) is 0 Å². The maximum absolute atomic E-state index is 12.2. The summed E-state index contributed by atoms with van der Waals surface area (Å²) in [6.07, 6.45) is 8.16. The molecular weight excluding hydrogens is 404 g/mol. The van der Waals surface area contributed by atoms with Crippen LogP contribution in [0, 0.1) is 0 Å². The van der Waals surface area contributed by atoms with Gasteiger partial charge in [0.2, 0.25) is 0 Å². The van der Waals surface area contributed by atoms with Crippen LogP contribution in [0.1, 0.15) is 52.0 Å². The Morgan fingerprint density at radius 3 is 2.25 bits per heavy atom. The Hall–Kier alpha value is -2.60. The lowest BCUT2D eigenvalue weighted by atomic mass is 9.91. The molecule has 0 unspecified atom stereocenters. The summed E-state index contributed by atoms with van der Waals surface area (Å²) in [5.41, 5.74) is 0.828. The van der Waals surface area contributed by atoms with E-state index in [0.717, 1.165) is 38.0 Å². The van der Waals surface area contributed by atoms with Crippen LogP contribution in [0.25, 0.3) is 0 Å². The summed E-state index contributed by atoms with van der Waals surface area (Å²) in [5.74, 6) is 0.906. The summed E-state index contributed by atoms with van der Waals surface area (Å²) in [6.45, 7) is 7.93. The highest BCUT2D eigenvalue weighted by Gasteiger charge is 2.35. The predicted molar refractivity (Wildman–Crippen MR) is 122 cm³/mol. The minimum absolute atomic E-state index is 0.215. The van der Waals surface area contributed by atoms with Crippen LogP contribution in [0.15, 0.2) is 54.9 Å². The highest BCUT2D eigenvalue weighted by molar-refractivity contribution is 5.68. The second-order valence-electron chi connectivity index (χ2n) is 9.83. The summed E-state index contributed by atoms with van der Waals surface area (Å²) in [6, 6.07) is 14.5. The summed E-state index contributed by atoms with van der Waals surface area (Å²) in [7, 11) is 0. The average Bonchev–Trinajstić information content (AvgIpc) is 2.73. The standard InChI is InChI=1S/C26H35N2O4/c1-26(2,3)32-25(29)28-15-11-22(12-16-28)31-24-17-23(18-24)30-21-9-13-27(14-10-21)19-20-7-5-4-6-8-20/h4-10,13-14,22-24H,11-12,15-19H2,1-3H3/q+1/t23-,24-. The molecule has 0 spiro atoms. The molecule has 0 bridgehead atoms. The largest absolute Gasteiger partial charge is 0.490 e. The highest BCUT2D eigenvalue weighted by Crippen LogP contribution is 2.30. The summed E-state index contributed by atoms with van der Waals surface area (Å²) in [5, 5.41) is 0. The van der Waals surface area contributed by atoms with E-state index >= 15 is 0 Å². The van der Waals surface area contributed by atoms with Crippen LogP contribution in [0.2, 0.25) is 0 Å². The number of pyridine rings is 1. The molecule has 1 aliphatic heterocycles. The van der Waals surface area contributed by atoms with Crippen molar-refractivity contribution in [1.29, 1.82) is 0 Å². The van der Waals surface area contributed by atoms with E-state index in [4.69, 9.17) is 14.2 Å². The van der Waals surface area contributed by atoms with Crippen molar-refractivity contribution in [2.75, 3.05) is 13.1 Å². The first kappa shape index (κ1) is 22.6. The molecule has 32 heavy (non-hydrogen) atoms. The van der Waals surface area contributed by atoms with Gasteiger partial charge in [0.1, 0.15) is 17.5 Å². The molecule has 172 valence electrons. The molecular formula is C26H35N2O4+. The van der Waals surface area contributed by atoms with Gasteiger partial charge in [-0.05, 0) is 33.6 Å². The lowest BCUT2D eigenvalue weighted by Crippen LogP contribution is -2.46. The minimum atomic E-state index is -0.452. The smallest absolute Gasteiger partial charge is 0.410 e. The number of aromatic nitrogens is 1. The maximum atomic E-state index is 12.2. The van der Waals surface area contributed by atoms with E-state index in [9.17, 15) is 4.79 Å². The van der Waals surface area contributed by atoms with E-state index in [2.05, 4.69) is 41.2 Å². The first-order valence-corrected chi connectivity index (χ1v) is 11.7. The normalized spacial score (nSPS) is 21.7. The van der Waals surface area contributed by atoms with E-state index in [-0.39, 0.29) is 24.4 Å². The number of benzene rings is 1. The monoisotopic (exact) mass is 439 g/mol. The zero-order valence-corrected chi connectivity index (χ0v) is 19.4. The molecule has 1 saturated heterocycles. The topological polar surface area (TPSA) is 51.9 Å². The molecule has 2 aliphatic rings. The molecule has 0 radical (unpaired) electrons. The van der Waals surface area contributed by atoms with Gasteiger partial charge in [0.05, 0.1) is 12.2 Å². The zero-order chi connectivity index (χ0) is 22.6. The average molecular weight is 440 g/mol. The van der Waals surface area contributed by atoms with Gasteiger partial charge in [-0.3, -0.25) is 0 Å². The van der Waals surface area contributed by atoms with Gasteiger partial charge in [0, 0.05) is 43.6 Å². The van der Waals surface area contributed by atoms with Crippen molar-refractivity contribution in [3.8, 4) is 5.75 Å². The molecule has 2 aromatic rings. The van der Waals surface area contributed by atoms with Gasteiger partial charge in [0.15, 0.2) is 18.9 Å². The second kappa shape index (κ2) is 9.90. The molecule has 1 aromatic carbocycles. The van der Waals surface area contributed by atoms with Gasteiger partial charge in [-0.15, -0.1) is 0 Å². The van der Waals surface area contributed by atoms with Crippen LogP contribution in [-0.4, -0.2) is 48.0 Å². The number of hydrogen-bond donors (Lipinski definition) is 0. The Labute approximate surface area is 191 Å². The van der Waals surface area contributed by atoms with E-state index in [1.54, 1.807) is 4.90 Å². The summed E-state index contributed by atoms with van der Waals surface area (Å²) >= 11 is 0. The molecule has 1 aliphatic carbocycles. The van der Waals surface area contributed by atoms with Crippen LogP contribution in [0.4, 0.5) is 4.79 Å². The molecule has 1 amide bonds. The number of hydrogen-bond acceptors (Lipinski definition) is 4. The van der Waals surface area contributed by atoms with E-state index in [1.165, 1.54) is 5.56 Å². The number of likely N-dealkylation sites (tertiary alicyclic amines) is 1. The molecule has 1 saturated carbocycles. The number of ether oxygens (including phenoxy) is 3. The number of piperidine rings is 1. The van der Waals surface area contributed by atoms with Crippen molar-refractivity contribution in [3.05, 3.63) is 60.4 Å². The maximum Gasteiger partial charge on any atom is 0.410 e. The first-order valence-electron chi connectivity index (χ1n) is 11.7. The van der Waals surface area contributed by atoms with E-state index < -0.39 is 5.60 Å².